The van der Waals surface area contributed by atoms with Crippen LogP contribution in [0.5, 0.6) is 5.75 Å². The first-order valence-corrected chi connectivity index (χ1v) is 13.5. The maximum absolute atomic E-state index is 12.9. The number of esters is 2. The molecule has 0 unspecified atom stereocenters. The van der Waals surface area contributed by atoms with Crippen molar-refractivity contribution in [1.29, 1.82) is 0 Å². The summed E-state index contributed by atoms with van der Waals surface area (Å²) in [6.07, 6.45) is 10.0. The quantitative estimate of drug-likeness (QED) is 0.260. The van der Waals surface area contributed by atoms with Crippen LogP contribution >= 0.6 is 0 Å². The van der Waals surface area contributed by atoms with E-state index < -0.39 is 0 Å². The standard InChI is InChI=1S/C32H34NO4/c1-32-17-16-26-25-13-11-24(36-30(34)21-7-4-3-5-8-21)19-22(25)10-12-27(26)28(32)14-15-29(32)37-31(35)23-9-6-18-33(2)20-23/h3-9,11,13,18-20,26-29H,10,12,14-17H2,1-2H3/q+1/t26-,27-,28+,29+,32+/m1/s1. The molecule has 0 aliphatic heterocycles. The number of pyridine rings is 1. The van der Waals surface area contributed by atoms with Crippen LogP contribution < -0.4 is 9.30 Å². The summed E-state index contributed by atoms with van der Waals surface area (Å²) in [5.74, 6) is 1.76. The van der Waals surface area contributed by atoms with E-state index >= 15 is 0 Å². The van der Waals surface area contributed by atoms with Crippen molar-refractivity contribution in [3.63, 3.8) is 0 Å². The Bertz CT molecular complexity index is 1340. The average Bonchev–Trinajstić information content (AvgIpc) is 3.24. The summed E-state index contributed by atoms with van der Waals surface area (Å²) in [6, 6.07) is 19.0. The van der Waals surface area contributed by atoms with Crippen LogP contribution in [0.1, 0.15) is 76.8 Å². The third-order valence-corrected chi connectivity index (χ3v) is 9.26. The molecule has 5 heteroatoms. The van der Waals surface area contributed by atoms with Gasteiger partial charge in [-0.25, -0.2) is 14.2 Å². The second kappa shape index (κ2) is 9.44. The molecule has 1 aromatic heterocycles. The van der Waals surface area contributed by atoms with Gasteiger partial charge < -0.3 is 9.47 Å². The van der Waals surface area contributed by atoms with E-state index in [1.165, 1.54) is 11.1 Å². The molecule has 0 spiro atoms. The molecule has 0 radical (unpaired) electrons. The highest BCUT2D eigenvalue weighted by Crippen LogP contribution is 2.61. The number of hydrogen-bond donors (Lipinski definition) is 0. The molecule has 3 aromatic rings. The number of benzene rings is 2. The zero-order valence-corrected chi connectivity index (χ0v) is 21.6. The predicted molar refractivity (Wildman–Crippen MR) is 139 cm³/mol. The summed E-state index contributed by atoms with van der Waals surface area (Å²) in [6.45, 7) is 2.35. The van der Waals surface area contributed by atoms with Gasteiger partial charge in [-0.15, -0.1) is 0 Å². The number of carbonyl (C=O) groups is 2. The Morgan fingerprint density at radius 3 is 2.54 bits per heavy atom. The van der Waals surface area contributed by atoms with E-state index in [0.29, 0.717) is 34.6 Å². The van der Waals surface area contributed by atoms with E-state index in [0.717, 1.165) is 38.5 Å². The van der Waals surface area contributed by atoms with E-state index in [4.69, 9.17) is 9.47 Å². The molecule has 5 atom stereocenters. The van der Waals surface area contributed by atoms with E-state index in [1.807, 2.05) is 60.4 Å². The smallest absolute Gasteiger partial charge is 0.344 e. The van der Waals surface area contributed by atoms with Crippen LogP contribution in [-0.2, 0) is 18.2 Å². The number of aryl methyl sites for hydroxylation is 2. The maximum Gasteiger partial charge on any atom is 0.344 e. The van der Waals surface area contributed by atoms with Crippen LogP contribution in [-0.4, -0.2) is 18.0 Å². The Labute approximate surface area is 218 Å². The summed E-state index contributed by atoms with van der Waals surface area (Å²) in [5, 5.41) is 0. The molecule has 37 heavy (non-hydrogen) atoms. The van der Waals surface area contributed by atoms with Crippen molar-refractivity contribution in [3.05, 3.63) is 95.3 Å². The third-order valence-electron chi connectivity index (χ3n) is 9.26. The Morgan fingerprint density at radius 1 is 0.919 bits per heavy atom. The molecule has 5 nitrogen and oxygen atoms in total. The lowest BCUT2D eigenvalue weighted by Crippen LogP contribution is -2.45. The molecular formula is C32H34NO4+. The topological polar surface area (TPSA) is 56.5 Å². The van der Waals surface area contributed by atoms with Crippen LogP contribution in [0.3, 0.4) is 0 Å². The van der Waals surface area contributed by atoms with Crippen molar-refractivity contribution in [2.45, 2.75) is 57.5 Å². The molecule has 2 fully saturated rings. The van der Waals surface area contributed by atoms with Gasteiger partial charge in [-0.1, -0.05) is 31.2 Å². The summed E-state index contributed by atoms with van der Waals surface area (Å²) < 4.78 is 13.7. The number of carbonyl (C=O) groups excluding carboxylic acids is 2. The molecule has 3 aliphatic rings. The van der Waals surface area contributed by atoms with Gasteiger partial charge in [0, 0.05) is 11.5 Å². The molecule has 6 rings (SSSR count). The highest BCUT2D eigenvalue weighted by molar-refractivity contribution is 5.91. The Balaban J connectivity index is 1.16. The zero-order chi connectivity index (χ0) is 25.6. The van der Waals surface area contributed by atoms with E-state index in [-0.39, 0.29) is 23.5 Å². The number of rotatable bonds is 4. The van der Waals surface area contributed by atoms with E-state index in [1.54, 1.807) is 12.1 Å². The van der Waals surface area contributed by atoms with Crippen molar-refractivity contribution in [3.8, 4) is 5.75 Å². The lowest BCUT2D eigenvalue weighted by molar-refractivity contribution is -0.671. The molecule has 0 N–H and O–H groups in total. The minimum atomic E-state index is -0.321. The lowest BCUT2D eigenvalue weighted by atomic mass is 9.55. The van der Waals surface area contributed by atoms with Crippen LogP contribution in [0.25, 0.3) is 0 Å². The van der Waals surface area contributed by atoms with Gasteiger partial charge in [-0.3, -0.25) is 0 Å². The molecule has 0 saturated heterocycles. The molecule has 1 heterocycles. The number of nitrogens with zero attached hydrogens (tertiary/aromatic N) is 1. The number of hydrogen-bond acceptors (Lipinski definition) is 4. The first-order valence-electron chi connectivity index (χ1n) is 13.5. The zero-order valence-electron chi connectivity index (χ0n) is 21.6. The van der Waals surface area contributed by atoms with Crippen LogP contribution in [0.2, 0.25) is 0 Å². The average molecular weight is 497 g/mol. The second-order valence-corrected chi connectivity index (χ2v) is 11.3. The molecular weight excluding hydrogens is 462 g/mol. The third kappa shape index (κ3) is 4.35. The van der Waals surface area contributed by atoms with Gasteiger partial charge in [0.15, 0.2) is 12.4 Å². The Kier molecular flexibility index (Phi) is 6.10. The number of fused-ring (bicyclic) bond motifs is 5. The molecule has 2 saturated carbocycles. The van der Waals surface area contributed by atoms with Gasteiger partial charge in [0.2, 0.25) is 0 Å². The predicted octanol–water partition coefficient (Wildman–Crippen LogP) is 5.81. The van der Waals surface area contributed by atoms with E-state index in [9.17, 15) is 9.59 Å². The number of aromatic nitrogens is 1. The minimum Gasteiger partial charge on any atom is -0.458 e. The van der Waals surface area contributed by atoms with Crippen molar-refractivity contribution in [1.82, 2.24) is 0 Å². The van der Waals surface area contributed by atoms with Crippen molar-refractivity contribution in [2.24, 2.45) is 24.3 Å². The first-order chi connectivity index (χ1) is 17.9. The molecule has 190 valence electrons. The van der Waals surface area contributed by atoms with Crippen molar-refractivity contribution >= 4 is 11.9 Å². The van der Waals surface area contributed by atoms with Crippen molar-refractivity contribution in [2.75, 3.05) is 0 Å². The van der Waals surface area contributed by atoms with Crippen LogP contribution in [0.4, 0.5) is 0 Å². The van der Waals surface area contributed by atoms with Gasteiger partial charge in [0.25, 0.3) is 0 Å². The highest BCUT2D eigenvalue weighted by atomic mass is 16.5. The fraction of sp³-hybridized carbons (Fsp3) is 0.406. The largest absolute Gasteiger partial charge is 0.458 e. The summed E-state index contributed by atoms with van der Waals surface area (Å²) in [7, 11) is 1.92. The second-order valence-electron chi connectivity index (χ2n) is 11.3. The van der Waals surface area contributed by atoms with Gasteiger partial charge in [-0.2, -0.15) is 0 Å². The minimum absolute atomic E-state index is 0.0243. The Hall–Kier alpha value is -3.47. The molecule has 3 aliphatic carbocycles. The SMILES string of the molecule is C[n+]1cccc(C(=O)O[C@H]2CC[C@H]3[C@@H]4CCc5cc(OC(=O)c6ccccc6)ccc5[C@H]4CC[C@]23C)c1. The normalized spacial score (nSPS) is 27.9. The Morgan fingerprint density at radius 2 is 1.73 bits per heavy atom. The van der Waals surface area contributed by atoms with Gasteiger partial charge in [0.05, 0.1) is 5.56 Å². The molecule has 2 aromatic carbocycles. The summed E-state index contributed by atoms with van der Waals surface area (Å²) in [5.41, 5.74) is 3.91. The van der Waals surface area contributed by atoms with Gasteiger partial charge in [-0.05, 0) is 97.7 Å². The maximum atomic E-state index is 12.9. The van der Waals surface area contributed by atoms with Crippen LogP contribution in [0.15, 0.2) is 73.1 Å². The monoisotopic (exact) mass is 496 g/mol. The highest BCUT2D eigenvalue weighted by Gasteiger charge is 2.56. The summed E-state index contributed by atoms with van der Waals surface area (Å²) in [4.78, 5) is 25.5. The summed E-state index contributed by atoms with van der Waals surface area (Å²) >= 11 is 0. The van der Waals surface area contributed by atoms with E-state index in [2.05, 4.69) is 19.1 Å². The van der Waals surface area contributed by atoms with Crippen LogP contribution in [0, 0.1) is 17.3 Å². The molecule has 0 bridgehead atoms. The van der Waals surface area contributed by atoms with Gasteiger partial charge in [0.1, 0.15) is 24.5 Å². The first kappa shape index (κ1) is 23.9. The fourth-order valence-corrected chi connectivity index (χ4v) is 7.41. The fourth-order valence-electron chi connectivity index (χ4n) is 7.41. The molecule has 0 amide bonds. The van der Waals surface area contributed by atoms with Crippen molar-refractivity contribution < 1.29 is 23.6 Å². The van der Waals surface area contributed by atoms with Gasteiger partial charge >= 0.3 is 11.9 Å². The lowest BCUT2D eigenvalue weighted by Gasteiger charge is -2.50. The number of ether oxygens (including phenoxy) is 2.